The zero-order valence-corrected chi connectivity index (χ0v) is 11.5. The Labute approximate surface area is 108 Å². The molecule has 17 heavy (non-hydrogen) atoms. The highest BCUT2D eigenvalue weighted by Crippen LogP contribution is 2.29. The summed E-state index contributed by atoms with van der Waals surface area (Å²) < 4.78 is 0. The lowest BCUT2D eigenvalue weighted by Gasteiger charge is -2.30. The summed E-state index contributed by atoms with van der Waals surface area (Å²) in [5.41, 5.74) is 1.74. The first kappa shape index (κ1) is 14.6. The van der Waals surface area contributed by atoms with E-state index in [9.17, 15) is 10.2 Å². The van der Waals surface area contributed by atoms with Crippen LogP contribution in [0, 0.1) is 6.92 Å². The first-order valence-electron chi connectivity index (χ1n) is 6.05. The Bertz CT molecular complexity index is 317. The van der Waals surface area contributed by atoms with Crippen LogP contribution in [-0.4, -0.2) is 34.9 Å². The van der Waals surface area contributed by atoms with Crippen LogP contribution >= 0.6 is 11.8 Å². The third kappa shape index (κ3) is 3.73. The molecule has 1 aromatic carbocycles. The van der Waals surface area contributed by atoms with Gasteiger partial charge >= 0.3 is 0 Å². The molecule has 0 amide bonds. The van der Waals surface area contributed by atoms with Gasteiger partial charge in [-0.25, -0.2) is 0 Å². The normalized spacial score (nSPS) is 11.8. The van der Waals surface area contributed by atoms with Gasteiger partial charge in [0.25, 0.3) is 0 Å². The largest absolute Gasteiger partial charge is 0.395 e. The van der Waals surface area contributed by atoms with Crippen molar-refractivity contribution in [2.24, 2.45) is 0 Å². The monoisotopic (exact) mass is 254 g/mol. The molecule has 0 aliphatic carbocycles. The highest BCUT2D eigenvalue weighted by molar-refractivity contribution is 7.99. The third-order valence-corrected chi connectivity index (χ3v) is 4.10. The average molecular weight is 254 g/mol. The maximum Gasteiger partial charge on any atom is 0.0550 e. The third-order valence-electron chi connectivity index (χ3n) is 3.20. The Morgan fingerprint density at radius 3 is 2.18 bits per heavy atom. The van der Waals surface area contributed by atoms with Gasteiger partial charge in [-0.1, -0.05) is 36.8 Å². The predicted molar refractivity (Wildman–Crippen MR) is 74.6 cm³/mol. The first-order valence-corrected chi connectivity index (χ1v) is 7.20. The fourth-order valence-electron chi connectivity index (χ4n) is 1.85. The summed E-state index contributed by atoms with van der Waals surface area (Å²) in [7, 11) is 0. The summed E-state index contributed by atoms with van der Waals surface area (Å²) in [6, 6.07) is 8.08. The number of hydrogen-bond donors (Lipinski definition) is 2. The Hall–Kier alpha value is -0.510. The molecule has 0 spiro atoms. The number of hydrogen-bond acceptors (Lipinski definition) is 3. The fraction of sp³-hybridized carbons (Fsp3) is 0.571. The molecular weight excluding hydrogens is 232 g/mol. The minimum absolute atomic E-state index is 0.00314. The molecule has 0 aliphatic rings. The van der Waals surface area contributed by atoms with Crippen LogP contribution in [-0.2, 0) is 5.41 Å². The molecule has 0 fully saturated rings. The summed E-state index contributed by atoms with van der Waals surface area (Å²) in [5, 5.41) is 19.3. The lowest BCUT2D eigenvalue weighted by atomic mass is 9.79. The van der Waals surface area contributed by atoms with Gasteiger partial charge in [-0.3, -0.25) is 0 Å². The SMILES string of the molecule is CCSCCC(CO)(CO)c1ccc(C)cc1. The van der Waals surface area contributed by atoms with Crippen molar-refractivity contribution in [2.75, 3.05) is 24.7 Å². The van der Waals surface area contributed by atoms with E-state index in [1.165, 1.54) is 5.56 Å². The number of benzene rings is 1. The van der Waals surface area contributed by atoms with Gasteiger partial charge in [-0.05, 0) is 30.4 Å². The van der Waals surface area contributed by atoms with Crippen molar-refractivity contribution >= 4 is 11.8 Å². The molecule has 0 aromatic heterocycles. The van der Waals surface area contributed by atoms with Gasteiger partial charge in [0, 0.05) is 5.41 Å². The number of aryl methyl sites for hydroxylation is 1. The van der Waals surface area contributed by atoms with E-state index in [2.05, 4.69) is 6.92 Å². The lowest BCUT2D eigenvalue weighted by molar-refractivity contribution is 0.114. The first-order chi connectivity index (χ1) is 8.18. The summed E-state index contributed by atoms with van der Waals surface area (Å²) in [5.74, 6) is 2.03. The molecule has 2 N–H and O–H groups in total. The van der Waals surface area contributed by atoms with Crippen LogP contribution in [0.2, 0.25) is 0 Å². The van der Waals surface area contributed by atoms with Crippen molar-refractivity contribution in [3.63, 3.8) is 0 Å². The second kappa shape index (κ2) is 7.04. The highest BCUT2D eigenvalue weighted by Gasteiger charge is 2.30. The number of aliphatic hydroxyl groups is 2. The summed E-state index contributed by atoms with van der Waals surface area (Å²) in [6.45, 7) is 4.15. The second-order valence-electron chi connectivity index (χ2n) is 4.41. The van der Waals surface area contributed by atoms with E-state index in [1.807, 2.05) is 43.0 Å². The average Bonchev–Trinajstić information content (AvgIpc) is 2.37. The molecule has 0 saturated carbocycles. The Balaban J connectivity index is 2.85. The topological polar surface area (TPSA) is 40.5 Å². The number of thioether (sulfide) groups is 1. The van der Waals surface area contributed by atoms with Crippen molar-refractivity contribution in [1.29, 1.82) is 0 Å². The van der Waals surface area contributed by atoms with Crippen LogP contribution < -0.4 is 0 Å². The zero-order valence-electron chi connectivity index (χ0n) is 10.6. The molecular formula is C14H22O2S. The van der Waals surface area contributed by atoms with E-state index in [0.717, 1.165) is 23.5 Å². The van der Waals surface area contributed by atoms with Gasteiger partial charge in [0.05, 0.1) is 13.2 Å². The fourth-order valence-corrected chi connectivity index (χ4v) is 2.68. The molecule has 1 rings (SSSR count). The predicted octanol–water partition coefficient (Wildman–Crippen LogP) is 2.36. The van der Waals surface area contributed by atoms with E-state index in [4.69, 9.17) is 0 Å². The Kier molecular flexibility index (Phi) is 6.03. The van der Waals surface area contributed by atoms with Crippen molar-refractivity contribution in [1.82, 2.24) is 0 Å². The highest BCUT2D eigenvalue weighted by atomic mass is 32.2. The molecule has 0 unspecified atom stereocenters. The van der Waals surface area contributed by atoms with E-state index in [-0.39, 0.29) is 13.2 Å². The van der Waals surface area contributed by atoms with Crippen molar-refractivity contribution in [2.45, 2.75) is 25.7 Å². The number of rotatable bonds is 7. The van der Waals surface area contributed by atoms with Crippen molar-refractivity contribution in [3.05, 3.63) is 35.4 Å². The molecule has 0 aliphatic heterocycles. The van der Waals surface area contributed by atoms with Crippen LogP contribution in [0.5, 0.6) is 0 Å². The van der Waals surface area contributed by atoms with Crippen molar-refractivity contribution < 1.29 is 10.2 Å². The van der Waals surface area contributed by atoms with Gasteiger partial charge in [-0.15, -0.1) is 0 Å². The van der Waals surface area contributed by atoms with Gasteiger partial charge in [-0.2, -0.15) is 11.8 Å². The van der Waals surface area contributed by atoms with Crippen LogP contribution in [0.3, 0.4) is 0 Å². The molecule has 0 radical (unpaired) electrons. The molecule has 0 bridgehead atoms. The van der Waals surface area contributed by atoms with E-state index >= 15 is 0 Å². The van der Waals surface area contributed by atoms with Gasteiger partial charge in [0.2, 0.25) is 0 Å². The van der Waals surface area contributed by atoms with Crippen LogP contribution in [0.1, 0.15) is 24.5 Å². The standard InChI is InChI=1S/C14H22O2S/c1-3-17-9-8-14(10-15,11-16)13-6-4-12(2)5-7-13/h4-7,15-16H,3,8-11H2,1-2H3. The van der Waals surface area contributed by atoms with E-state index < -0.39 is 5.41 Å². The molecule has 0 heterocycles. The molecule has 1 aromatic rings. The molecule has 96 valence electrons. The van der Waals surface area contributed by atoms with Gasteiger partial charge in [0.1, 0.15) is 0 Å². The lowest BCUT2D eigenvalue weighted by Crippen LogP contribution is -2.35. The Morgan fingerprint density at radius 2 is 1.71 bits per heavy atom. The molecule has 0 saturated heterocycles. The zero-order chi connectivity index (χ0) is 12.7. The minimum atomic E-state index is -0.490. The maximum atomic E-state index is 9.63. The van der Waals surface area contributed by atoms with Crippen LogP contribution in [0.4, 0.5) is 0 Å². The second-order valence-corrected chi connectivity index (χ2v) is 5.80. The van der Waals surface area contributed by atoms with Gasteiger partial charge < -0.3 is 10.2 Å². The molecule has 2 nitrogen and oxygen atoms in total. The molecule has 0 atom stereocenters. The van der Waals surface area contributed by atoms with E-state index in [1.54, 1.807) is 0 Å². The summed E-state index contributed by atoms with van der Waals surface area (Å²) in [4.78, 5) is 0. The maximum absolute atomic E-state index is 9.63. The van der Waals surface area contributed by atoms with E-state index in [0.29, 0.717) is 0 Å². The van der Waals surface area contributed by atoms with Crippen molar-refractivity contribution in [3.8, 4) is 0 Å². The quantitative estimate of drug-likeness (QED) is 0.734. The molecule has 3 heteroatoms. The number of aliphatic hydroxyl groups excluding tert-OH is 2. The summed E-state index contributed by atoms with van der Waals surface area (Å²) in [6.07, 6.45) is 0.807. The van der Waals surface area contributed by atoms with Crippen LogP contribution in [0.25, 0.3) is 0 Å². The van der Waals surface area contributed by atoms with Gasteiger partial charge in [0.15, 0.2) is 0 Å². The Morgan fingerprint density at radius 1 is 1.12 bits per heavy atom. The summed E-state index contributed by atoms with van der Waals surface area (Å²) >= 11 is 1.84. The van der Waals surface area contributed by atoms with Crippen LogP contribution in [0.15, 0.2) is 24.3 Å². The smallest absolute Gasteiger partial charge is 0.0550 e. The minimum Gasteiger partial charge on any atom is -0.395 e.